The molecule has 1 aliphatic rings. The first-order chi connectivity index (χ1) is 17.5. The van der Waals surface area contributed by atoms with E-state index in [9.17, 15) is 4.79 Å². The number of nitrogens with one attached hydrogen (secondary N) is 1. The minimum Gasteiger partial charge on any atom is -0.495 e. The van der Waals surface area contributed by atoms with Crippen LogP contribution < -0.4 is 15.0 Å². The first-order valence-corrected chi connectivity index (χ1v) is 12.8. The summed E-state index contributed by atoms with van der Waals surface area (Å²) in [5.41, 5.74) is 3.12. The lowest BCUT2D eigenvalue weighted by molar-refractivity contribution is -0.136. The lowest BCUT2D eigenvalue weighted by Gasteiger charge is -2.43. The molecule has 3 aromatic rings. The van der Waals surface area contributed by atoms with E-state index in [0.29, 0.717) is 49.3 Å². The molecule has 0 aliphatic carbocycles. The molecule has 4 rings (SSSR count). The maximum atomic E-state index is 13.2. The number of methoxy groups -OCH3 is 1. The number of para-hydroxylation sites is 2. The highest BCUT2D eigenvalue weighted by molar-refractivity contribution is 6.42. The van der Waals surface area contributed by atoms with Crippen LogP contribution in [0.2, 0.25) is 10.0 Å². The van der Waals surface area contributed by atoms with Gasteiger partial charge in [0.2, 0.25) is 5.91 Å². The van der Waals surface area contributed by atoms with E-state index in [-0.39, 0.29) is 12.1 Å². The number of anilines is 1. The zero-order valence-corrected chi connectivity index (χ0v) is 21.8. The third-order valence-corrected chi connectivity index (χ3v) is 6.96. The first kappa shape index (κ1) is 26.3. The van der Waals surface area contributed by atoms with Crippen LogP contribution in [0.4, 0.5) is 5.69 Å². The highest BCUT2D eigenvalue weighted by atomic mass is 35.5. The second-order valence-electron chi connectivity index (χ2n) is 8.64. The molecular weight excluding hydrogens is 497 g/mol. The fraction of sp³-hybridized carbons (Fsp3) is 0.321. The number of amides is 1. The van der Waals surface area contributed by atoms with Crippen molar-refractivity contribution < 1.29 is 14.3 Å². The van der Waals surface area contributed by atoms with Gasteiger partial charge < -0.3 is 19.3 Å². The summed E-state index contributed by atoms with van der Waals surface area (Å²) >= 11 is 12.1. The van der Waals surface area contributed by atoms with Crippen LogP contribution in [0, 0.1) is 0 Å². The van der Waals surface area contributed by atoms with E-state index in [2.05, 4.69) is 28.4 Å². The monoisotopic (exact) mass is 527 g/mol. The summed E-state index contributed by atoms with van der Waals surface area (Å²) in [6, 6.07) is 23.6. The van der Waals surface area contributed by atoms with E-state index >= 15 is 0 Å². The van der Waals surface area contributed by atoms with E-state index < -0.39 is 0 Å². The summed E-state index contributed by atoms with van der Waals surface area (Å²) in [7, 11) is 1.68. The summed E-state index contributed by atoms with van der Waals surface area (Å²) < 4.78 is 11.3. The fourth-order valence-corrected chi connectivity index (χ4v) is 4.64. The molecule has 3 aromatic carbocycles. The molecule has 1 atom stereocenters. The van der Waals surface area contributed by atoms with Gasteiger partial charge in [0.1, 0.15) is 11.9 Å². The highest BCUT2D eigenvalue weighted by Crippen LogP contribution is 2.29. The zero-order valence-electron chi connectivity index (χ0n) is 20.3. The Balaban J connectivity index is 1.38. The molecule has 0 aromatic heterocycles. The topological polar surface area (TPSA) is 54.0 Å². The number of nitrogens with zero attached hydrogens (tertiary/aromatic N) is 2. The number of hydrogen-bond donors (Lipinski definition) is 1. The van der Waals surface area contributed by atoms with Gasteiger partial charge >= 0.3 is 0 Å². The van der Waals surface area contributed by atoms with Crippen LogP contribution in [-0.4, -0.2) is 50.3 Å². The third kappa shape index (κ3) is 6.92. The summed E-state index contributed by atoms with van der Waals surface area (Å²) in [5, 5.41) is 4.59. The minimum absolute atomic E-state index is 0.0642. The maximum absolute atomic E-state index is 13.2. The Hall–Kier alpha value is -2.77. The number of ether oxygens (including phenoxy) is 2. The Morgan fingerprint density at radius 2 is 1.75 bits per heavy atom. The van der Waals surface area contributed by atoms with Gasteiger partial charge in [-0.15, -0.1) is 0 Å². The average molecular weight is 528 g/mol. The molecule has 1 amide bonds. The smallest absolute Gasteiger partial charge is 0.226 e. The van der Waals surface area contributed by atoms with Crippen LogP contribution in [0.1, 0.15) is 17.5 Å². The average Bonchev–Trinajstić information content (AvgIpc) is 2.92. The molecule has 1 fully saturated rings. The van der Waals surface area contributed by atoms with Crippen molar-refractivity contribution in [1.29, 1.82) is 0 Å². The van der Waals surface area contributed by atoms with Crippen LogP contribution >= 0.6 is 23.2 Å². The number of hydrogen-bond acceptors (Lipinski definition) is 5. The molecule has 1 N–H and O–H groups in total. The molecule has 0 spiro atoms. The van der Waals surface area contributed by atoms with Crippen molar-refractivity contribution in [2.75, 3.05) is 38.3 Å². The molecule has 8 heteroatoms. The van der Waals surface area contributed by atoms with Crippen molar-refractivity contribution in [3.05, 3.63) is 94.0 Å². The van der Waals surface area contributed by atoms with Crippen LogP contribution in [-0.2, 0) is 22.7 Å². The van der Waals surface area contributed by atoms with E-state index in [1.165, 1.54) is 5.56 Å². The molecule has 36 heavy (non-hydrogen) atoms. The number of halogens is 2. The van der Waals surface area contributed by atoms with Gasteiger partial charge in [0.05, 0.1) is 49.0 Å². The number of piperazine rings is 1. The number of rotatable bonds is 10. The third-order valence-electron chi connectivity index (χ3n) is 6.22. The SMILES string of the molecule is COc1ccccc1N1CCN(C(=O)CCOCc2ccc(Cl)c(Cl)c2)C(NCc2ccccc2)C1. The Labute approximate surface area is 222 Å². The minimum atomic E-state index is -0.147. The van der Waals surface area contributed by atoms with E-state index in [0.717, 1.165) is 23.5 Å². The number of carbonyl (C=O) groups excluding carboxylic acids is 1. The van der Waals surface area contributed by atoms with Gasteiger partial charge in [0, 0.05) is 19.6 Å². The largest absolute Gasteiger partial charge is 0.495 e. The molecule has 190 valence electrons. The predicted molar refractivity (Wildman–Crippen MR) is 145 cm³/mol. The standard InChI is InChI=1S/C28H31Cl2N3O3/c1-35-26-10-6-5-9-25(26)32-14-15-33(27(19-32)31-18-21-7-3-2-4-8-21)28(34)13-16-36-20-22-11-12-23(29)24(30)17-22/h2-12,17,27,31H,13-16,18-20H2,1H3. The summed E-state index contributed by atoms with van der Waals surface area (Å²) in [6.45, 7) is 3.36. The van der Waals surface area contributed by atoms with Gasteiger partial charge in [-0.1, -0.05) is 71.7 Å². The lowest BCUT2D eigenvalue weighted by Crippen LogP contribution is -2.60. The Morgan fingerprint density at radius 1 is 0.972 bits per heavy atom. The molecule has 0 saturated carbocycles. The molecule has 1 aliphatic heterocycles. The van der Waals surface area contributed by atoms with Crippen molar-refractivity contribution in [3.8, 4) is 5.75 Å². The summed E-state index contributed by atoms with van der Waals surface area (Å²) in [6.07, 6.45) is 0.158. The second kappa shape index (κ2) is 13.0. The predicted octanol–water partition coefficient (Wildman–Crippen LogP) is 5.37. The fourth-order valence-electron chi connectivity index (χ4n) is 4.32. The van der Waals surface area contributed by atoms with Gasteiger partial charge in [-0.3, -0.25) is 10.1 Å². The Bertz CT molecular complexity index is 1150. The maximum Gasteiger partial charge on any atom is 0.226 e. The summed E-state index contributed by atoms with van der Waals surface area (Å²) in [4.78, 5) is 17.4. The number of benzene rings is 3. The van der Waals surface area contributed by atoms with E-state index in [1.807, 2.05) is 47.4 Å². The first-order valence-electron chi connectivity index (χ1n) is 12.0. The van der Waals surface area contributed by atoms with Crippen LogP contribution in [0.15, 0.2) is 72.8 Å². The van der Waals surface area contributed by atoms with Crippen LogP contribution in [0.5, 0.6) is 5.75 Å². The molecule has 1 saturated heterocycles. The van der Waals surface area contributed by atoms with Gasteiger partial charge in [0.25, 0.3) is 0 Å². The highest BCUT2D eigenvalue weighted by Gasteiger charge is 2.31. The lowest BCUT2D eigenvalue weighted by atomic mass is 10.1. The van der Waals surface area contributed by atoms with E-state index in [1.54, 1.807) is 19.2 Å². The Morgan fingerprint density at radius 3 is 2.53 bits per heavy atom. The van der Waals surface area contributed by atoms with Gasteiger partial charge in [-0.25, -0.2) is 0 Å². The molecule has 1 heterocycles. The molecule has 0 radical (unpaired) electrons. The molecule has 6 nitrogen and oxygen atoms in total. The van der Waals surface area contributed by atoms with Gasteiger partial charge in [-0.2, -0.15) is 0 Å². The second-order valence-corrected chi connectivity index (χ2v) is 9.45. The van der Waals surface area contributed by atoms with Crippen molar-refractivity contribution in [2.45, 2.75) is 25.7 Å². The molecule has 0 bridgehead atoms. The zero-order chi connectivity index (χ0) is 25.3. The van der Waals surface area contributed by atoms with Gasteiger partial charge in [0.15, 0.2) is 0 Å². The molecular formula is C28H31Cl2N3O3. The Kier molecular flexibility index (Phi) is 9.47. The van der Waals surface area contributed by atoms with Crippen molar-refractivity contribution in [1.82, 2.24) is 10.2 Å². The van der Waals surface area contributed by atoms with Gasteiger partial charge in [-0.05, 0) is 35.4 Å². The van der Waals surface area contributed by atoms with Crippen LogP contribution in [0.3, 0.4) is 0 Å². The summed E-state index contributed by atoms with van der Waals surface area (Å²) in [5.74, 6) is 0.893. The van der Waals surface area contributed by atoms with E-state index in [4.69, 9.17) is 32.7 Å². The van der Waals surface area contributed by atoms with Crippen molar-refractivity contribution in [2.24, 2.45) is 0 Å². The molecule has 1 unspecified atom stereocenters. The van der Waals surface area contributed by atoms with Crippen molar-refractivity contribution in [3.63, 3.8) is 0 Å². The normalized spacial score (nSPS) is 15.7. The van der Waals surface area contributed by atoms with Crippen molar-refractivity contribution >= 4 is 34.8 Å². The number of carbonyl (C=O) groups is 1. The quantitative estimate of drug-likeness (QED) is 0.359. The van der Waals surface area contributed by atoms with Crippen LogP contribution in [0.25, 0.3) is 0 Å².